The molecule has 1 fully saturated rings. The van der Waals surface area contributed by atoms with Crippen LogP contribution in [0.3, 0.4) is 0 Å². The van der Waals surface area contributed by atoms with Crippen LogP contribution in [0.25, 0.3) is 0 Å². The summed E-state index contributed by atoms with van der Waals surface area (Å²) in [5, 5.41) is 10.0. The van der Waals surface area contributed by atoms with Gasteiger partial charge in [0.2, 0.25) is 0 Å². The first-order chi connectivity index (χ1) is 17.1. The van der Waals surface area contributed by atoms with Gasteiger partial charge in [-0.1, -0.05) is 58.0 Å². The van der Waals surface area contributed by atoms with Crippen molar-refractivity contribution in [2.75, 3.05) is 7.11 Å². The summed E-state index contributed by atoms with van der Waals surface area (Å²) in [5.41, 5.74) is 0.806. The predicted molar refractivity (Wildman–Crippen MR) is 135 cm³/mol. The summed E-state index contributed by atoms with van der Waals surface area (Å²) in [6.07, 6.45) is -4.96. The molecule has 2 rings (SSSR count). The molecule has 0 spiro atoms. The molecule has 6 atom stereocenters. The minimum Gasteiger partial charge on any atom is -0.479 e. The van der Waals surface area contributed by atoms with Crippen molar-refractivity contribution in [3.05, 3.63) is 35.9 Å². The van der Waals surface area contributed by atoms with Gasteiger partial charge < -0.3 is 28.5 Å². The van der Waals surface area contributed by atoms with Gasteiger partial charge in [-0.25, -0.2) is 4.79 Å². The summed E-state index contributed by atoms with van der Waals surface area (Å²) in [4.78, 5) is 36.8. The van der Waals surface area contributed by atoms with Gasteiger partial charge in [-0.05, 0) is 23.7 Å². The van der Waals surface area contributed by atoms with E-state index in [1.807, 2.05) is 30.3 Å². The lowest BCUT2D eigenvalue weighted by molar-refractivity contribution is -0.235. The lowest BCUT2D eigenvalue weighted by atomic mass is 9.84. The van der Waals surface area contributed by atoms with Gasteiger partial charge in [0.05, 0.1) is 26.2 Å². The summed E-state index contributed by atoms with van der Waals surface area (Å²) in [6.45, 7) is 9.34. The second-order valence-corrected chi connectivity index (χ2v) is 14.0. The van der Waals surface area contributed by atoms with Crippen molar-refractivity contribution in [3.8, 4) is 0 Å². The van der Waals surface area contributed by atoms with Crippen molar-refractivity contribution in [3.63, 3.8) is 0 Å². The zero-order valence-corrected chi connectivity index (χ0v) is 23.1. The van der Waals surface area contributed by atoms with E-state index in [2.05, 4.69) is 20.8 Å². The van der Waals surface area contributed by atoms with Crippen LogP contribution in [0.5, 0.6) is 0 Å². The number of carbonyl (C=O) groups is 3. The molecule has 9 nitrogen and oxygen atoms in total. The lowest BCUT2D eigenvalue weighted by Gasteiger charge is -2.48. The number of benzene rings is 1. The van der Waals surface area contributed by atoms with E-state index in [4.69, 9.17) is 23.4 Å². The molecule has 0 saturated carbocycles. The van der Waals surface area contributed by atoms with Gasteiger partial charge in [0.25, 0.3) is 0 Å². The van der Waals surface area contributed by atoms with E-state index < -0.39 is 62.7 Å². The van der Waals surface area contributed by atoms with E-state index >= 15 is 0 Å². The molecule has 1 aliphatic rings. The molecule has 10 heteroatoms. The third-order valence-electron chi connectivity index (χ3n) is 7.09. The Morgan fingerprint density at radius 1 is 1.06 bits per heavy atom. The molecule has 0 bridgehead atoms. The fraction of sp³-hybridized carbons (Fsp3) is 0.654. The second-order valence-electron chi connectivity index (χ2n) is 9.23. The van der Waals surface area contributed by atoms with Crippen molar-refractivity contribution in [2.24, 2.45) is 5.92 Å². The fourth-order valence-corrected chi connectivity index (χ4v) is 7.59. The summed E-state index contributed by atoms with van der Waals surface area (Å²) < 4.78 is 29.5. The van der Waals surface area contributed by atoms with Crippen molar-refractivity contribution in [1.29, 1.82) is 0 Å². The number of aliphatic carboxylic acids is 1. The van der Waals surface area contributed by atoms with Crippen molar-refractivity contribution >= 4 is 26.2 Å². The Kier molecular flexibility index (Phi) is 11.5. The Morgan fingerprint density at radius 2 is 1.67 bits per heavy atom. The fourth-order valence-electron chi connectivity index (χ4n) is 4.72. The maximum atomic E-state index is 12.3. The van der Waals surface area contributed by atoms with E-state index in [1.54, 1.807) is 6.92 Å². The number of carboxylic acid groups (broad SMARTS) is 1. The van der Waals surface area contributed by atoms with Gasteiger partial charge in [0.1, 0.15) is 18.3 Å². The average molecular weight is 525 g/mol. The minimum absolute atomic E-state index is 0.0573. The zero-order chi connectivity index (χ0) is 26.9. The van der Waals surface area contributed by atoms with Crippen LogP contribution in [0.4, 0.5) is 0 Å². The number of ether oxygens (including phenoxy) is 4. The highest BCUT2D eigenvalue weighted by Gasteiger charge is 2.53. The molecule has 202 valence electrons. The molecular weight excluding hydrogens is 484 g/mol. The van der Waals surface area contributed by atoms with Crippen LogP contribution < -0.4 is 0 Å². The Labute approximate surface area is 214 Å². The van der Waals surface area contributed by atoms with Gasteiger partial charge >= 0.3 is 17.9 Å². The molecule has 1 aromatic rings. The number of carbonyl (C=O) groups excluding carboxylic acids is 2. The van der Waals surface area contributed by atoms with E-state index in [0.29, 0.717) is 0 Å². The molecule has 0 aliphatic carbocycles. The van der Waals surface area contributed by atoms with Crippen molar-refractivity contribution < 1.29 is 42.9 Å². The summed E-state index contributed by atoms with van der Waals surface area (Å²) in [7, 11) is -0.957. The van der Waals surface area contributed by atoms with Crippen molar-refractivity contribution in [2.45, 2.75) is 96.3 Å². The maximum absolute atomic E-state index is 12.3. The van der Waals surface area contributed by atoms with Gasteiger partial charge in [-0.2, -0.15) is 0 Å². The lowest BCUT2D eigenvalue weighted by Crippen LogP contribution is -2.62. The first kappa shape index (κ1) is 30.0. The smallest absolute Gasteiger partial charge is 0.335 e. The second kappa shape index (κ2) is 13.9. The normalized spacial score (nSPS) is 25.1. The van der Waals surface area contributed by atoms with Crippen molar-refractivity contribution in [1.82, 2.24) is 0 Å². The van der Waals surface area contributed by atoms with Crippen LogP contribution in [-0.2, 0) is 44.4 Å². The van der Waals surface area contributed by atoms with Crippen LogP contribution >= 0.6 is 0 Å². The van der Waals surface area contributed by atoms with Gasteiger partial charge in [0.15, 0.2) is 14.4 Å². The highest BCUT2D eigenvalue weighted by Crippen LogP contribution is 2.38. The number of carboxylic acids is 1. The van der Waals surface area contributed by atoms with E-state index in [9.17, 15) is 19.5 Å². The average Bonchev–Trinajstić information content (AvgIpc) is 2.86. The SMILES string of the molecule is CC[Si](CC)(CC)O[C@H]1[C@H](OC(C)=O)[C@@H](C)[C@H]([C@H](OCc2ccccc2)C(=O)O)O[C@@H]1CC(=O)OC. The van der Waals surface area contributed by atoms with Crippen LogP contribution in [0.15, 0.2) is 30.3 Å². The number of hydrogen-bond donors (Lipinski definition) is 1. The Bertz CT molecular complexity index is 850. The Hall–Kier alpha value is -2.27. The molecule has 0 radical (unpaired) electrons. The number of rotatable bonds is 13. The van der Waals surface area contributed by atoms with E-state index in [0.717, 1.165) is 23.7 Å². The molecule has 0 aromatic heterocycles. The van der Waals surface area contributed by atoms with E-state index in [-0.39, 0.29) is 13.0 Å². The standard InChI is InChI=1S/C26H40O9Si/c1-7-36(8-2,9-3)35-24-20(15-21(28)31-6)34-23(17(4)22(24)33-18(5)27)25(26(29)30)32-16-19-13-11-10-12-14-19/h10-14,17,20,22-25H,7-9,15-16H2,1-6H3,(H,29,30)/t17-,20-,22-,23-,24-,25+/m1/s1. The maximum Gasteiger partial charge on any atom is 0.335 e. The summed E-state index contributed by atoms with van der Waals surface area (Å²) >= 11 is 0. The molecule has 1 heterocycles. The van der Waals surface area contributed by atoms with Gasteiger partial charge in [0, 0.05) is 12.8 Å². The number of esters is 2. The third-order valence-corrected chi connectivity index (χ3v) is 11.7. The number of hydrogen-bond acceptors (Lipinski definition) is 8. The molecule has 1 saturated heterocycles. The van der Waals surface area contributed by atoms with Crippen LogP contribution in [-0.4, -0.2) is 69.0 Å². The highest BCUT2D eigenvalue weighted by atomic mass is 28.4. The Morgan fingerprint density at radius 3 is 2.17 bits per heavy atom. The highest BCUT2D eigenvalue weighted by molar-refractivity contribution is 6.73. The first-order valence-corrected chi connectivity index (χ1v) is 15.1. The topological polar surface area (TPSA) is 118 Å². The van der Waals surface area contributed by atoms with Gasteiger partial charge in [-0.15, -0.1) is 0 Å². The minimum atomic E-state index is -2.23. The Balaban J connectivity index is 2.45. The molecule has 1 aliphatic heterocycles. The van der Waals surface area contributed by atoms with Crippen LogP contribution in [0.2, 0.25) is 18.1 Å². The van der Waals surface area contributed by atoms with Gasteiger partial charge in [-0.3, -0.25) is 9.59 Å². The molecule has 36 heavy (non-hydrogen) atoms. The van der Waals surface area contributed by atoms with Crippen LogP contribution in [0, 0.1) is 5.92 Å². The third kappa shape index (κ3) is 7.61. The molecular formula is C26H40O9Si. The molecule has 0 unspecified atom stereocenters. The quantitative estimate of drug-likeness (QED) is 0.302. The molecule has 0 amide bonds. The number of methoxy groups -OCH3 is 1. The summed E-state index contributed by atoms with van der Waals surface area (Å²) in [5.74, 6) is -2.84. The van der Waals surface area contributed by atoms with E-state index in [1.165, 1.54) is 14.0 Å². The molecule has 1 N–H and O–H groups in total. The first-order valence-electron chi connectivity index (χ1n) is 12.6. The zero-order valence-electron chi connectivity index (χ0n) is 22.1. The van der Waals surface area contributed by atoms with Crippen LogP contribution in [0.1, 0.15) is 46.6 Å². The largest absolute Gasteiger partial charge is 0.479 e. The summed E-state index contributed by atoms with van der Waals surface area (Å²) in [6, 6.07) is 11.7. The molecule has 1 aromatic carbocycles. The monoisotopic (exact) mass is 524 g/mol. The predicted octanol–water partition coefficient (Wildman–Crippen LogP) is 3.95.